The van der Waals surface area contributed by atoms with E-state index in [0.717, 1.165) is 6.42 Å². The fourth-order valence-electron chi connectivity index (χ4n) is 2.46. The first-order chi connectivity index (χ1) is 9.92. The first-order valence-electron chi connectivity index (χ1n) is 7.25. The van der Waals surface area contributed by atoms with E-state index in [2.05, 4.69) is 20.7 Å². The molecular formula is C13H22N6O2. The first-order valence-corrected chi connectivity index (χ1v) is 7.25. The third kappa shape index (κ3) is 3.37. The van der Waals surface area contributed by atoms with Gasteiger partial charge in [0.05, 0.1) is 13.6 Å². The molecule has 1 aliphatic rings. The molecule has 8 nitrogen and oxygen atoms in total. The molecule has 2 rings (SSSR count). The Labute approximate surface area is 123 Å². The quantitative estimate of drug-likeness (QED) is 0.834. The zero-order valence-corrected chi connectivity index (χ0v) is 12.9. The molecule has 1 aromatic rings. The molecule has 0 aliphatic carbocycles. The molecule has 0 spiro atoms. The lowest BCUT2D eigenvalue weighted by molar-refractivity contribution is -0.137. The third-order valence-electron chi connectivity index (χ3n) is 3.95. The van der Waals surface area contributed by atoms with E-state index in [4.69, 9.17) is 0 Å². The number of nitrogens with one attached hydrogen (secondary N) is 1. The van der Waals surface area contributed by atoms with E-state index in [1.807, 2.05) is 20.8 Å². The van der Waals surface area contributed by atoms with E-state index in [0.29, 0.717) is 12.2 Å². The van der Waals surface area contributed by atoms with Crippen LogP contribution in [-0.2, 0) is 23.2 Å². The fraction of sp³-hybridized carbons (Fsp3) is 0.769. The molecule has 8 heteroatoms. The summed E-state index contributed by atoms with van der Waals surface area (Å²) in [5.41, 5.74) is 0. The van der Waals surface area contributed by atoms with Crippen molar-refractivity contribution >= 4 is 11.8 Å². The molecule has 0 bridgehead atoms. The minimum Gasteiger partial charge on any atom is -0.344 e. The van der Waals surface area contributed by atoms with Gasteiger partial charge in [-0.15, -0.1) is 10.2 Å². The maximum atomic E-state index is 12.7. The van der Waals surface area contributed by atoms with Gasteiger partial charge in [-0.1, -0.05) is 20.3 Å². The summed E-state index contributed by atoms with van der Waals surface area (Å²) in [6, 6.07) is -0.667. The molecule has 1 saturated heterocycles. The highest BCUT2D eigenvalue weighted by Gasteiger charge is 2.36. The molecule has 0 saturated carbocycles. The highest BCUT2D eigenvalue weighted by Crippen LogP contribution is 2.19. The Morgan fingerprint density at radius 2 is 2.14 bits per heavy atom. The summed E-state index contributed by atoms with van der Waals surface area (Å²) in [6.07, 6.45) is 1.11. The van der Waals surface area contributed by atoms with Crippen LogP contribution in [0.2, 0.25) is 0 Å². The van der Waals surface area contributed by atoms with Gasteiger partial charge in [-0.3, -0.25) is 9.59 Å². The number of aromatic nitrogens is 4. The topological polar surface area (TPSA) is 93.0 Å². The van der Waals surface area contributed by atoms with Crippen molar-refractivity contribution in [1.29, 1.82) is 0 Å². The third-order valence-corrected chi connectivity index (χ3v) is 3.95. The molecule has 2 amide bonds. The molecule has 0 radical (unpaired) electrons. The number of carbonyl (C=O) groups is 2. The summed E-state index contributed by atoms with van der Waals surface area (Å²) in [5, 5.41) is 14.6. The van der Waals surface area contributed by atoms with Gasteiger partial charge in [-0.25, -0.2) is 0 Å². The van der Waals surface area contributed by atoms with E-state index >= 15 is 0 Å². The molecule has 1 aromatic heterocycles. The Hall–Kier alpha value is -1.99. The summed E-state index contributed by atoms with van der Waals surface area (Å²) in [6.45, 7) is 6.12. The molecule has 0 aromatic carbocycles. The minimum absolute atomic E-state index is 0.0739. The van der Waals surface area contributed by atoms with E-state index in [-0.39, 0.29) is 30.3 Å². The smallest absolute Gasteiger partial charge is 0.246 e. The normalized spacial score (nSPS) is 24.7. The van der Waals surface area contributed by atoms with Crippen LogP contribution in [0.1, 0.15) is 39.4 Å². The predicted molar refractivity (Wildman–Crippen MR) is 74.8 cm³/mol. The summed E-state index contributed by atoms with van der Waals surface area (Å²) < 4.78 is 0. The van der Waals surface area contributed by atoms with Crippen molar-refractivity contribution in [3.8, 4) is 0 Å². The molecule has 3 unspecified atom stereocenters. The SMILES string of the molecule is CCC(C)C1NC(=O)CC(C)N(Cc2nnn(C)n2)C1=O. The van der Waals surface area contributed by atoms with Crippen molar-refractivity contribution < 1.29 is 9.59 Å². The number of aryl methyl sites for hydroxylation is 1. The van der Waals surface area contributed by atoms with Gasteiger partial charge in [0.1, 0.15) is 6.04 Å². The van der Waals surface area contributed by atoms with Crippen LogP contribution in [-0.4, -0.2) is 49.0 Å². The Balaban J connectivity index is 2.23. The summed E-state index contributed by atoms with van der Waals surface area (Å²) in [7, 11) is 1.68. The van der Waals surface area contributed by atoms with E-state index in [1.54, 1.807) is 11.9 Å². The monoisotopic (exact) mass is 294 g/mol. The zero-order chi connectivity index (χ0) is 15.6. The van der Waals surface area contributed by atoms with Crippen molar-refractivity contribution in [2.45, 2.75) is 52.2 Å². The van der Waals surface area contributed by atoms with Gasteiger partial charge in [0.25, 0.3) is 0 Å². The van der Waals surface area contributed by atoms with Gasteiger partial charge in [0.2, 0.25) is 11.8 Å². The van der Waals surface area contributed by atoms with Crippen molar-refractivity contribution in [3.63, 3.8) is 0 Å². The maximum Gasteiger partial charge on any atom is 0.246 e. The van der Waals surface area contributed by atoms with Crippen molar-refractivity contribution in [2.75, 3.05) is 0 Å². The van der Waals surface area contributed by atoms with Crippen LogP contribution in [0.15, 0.2) is 0 Å². The molecule has 1 N–H and O–H groups in total. The largest absolute Gasteiger partial charge is 0.344 e. The minimum atomic E-state index is -0.482. The van der Waals surface area contributed by atoms with Crippen molar-refractivity contribution in [2.24, 2.45) is 13.0 Å². The average Bonchev–Trinajstić information content (AvgIpc) is 2.81. The molecule has 1 fully saturated rings. The van der Waals surface area contributed by atoms with Crippen LogP contribution < -0.4 is 5.32 Å². The fourth-order valence-corrected chi connectivity index (χ4v) is 2.46. The number of tetrazole rings is 1. The Kier molecular flexibility index (Phi) is 4.54. The Bertz CT molecular complexity index is 528. The lowest BCUT2D eigenvalue weighted by Gasteiger charge is -2.29. The highest BCUT2D eigenvalue weighted by atomic mass is 16.2. The van der Waals surface area contributed by atoms with Gasteiger partial charge in [0.15, 0.2) is 5.82 Å². The van der Waals surface area contributed by atoms with Crippen molar-refractivity contribution in [3.05, 3.63) is 5.82 Å². The molecular weight excluding hydrogens is 272 g/mol. The lowest BCUT2D eigenvalue weighted by Crippen LogP contribution is -2.49. The zero-order valence-electron chi connectivity index (χ0n) is 12.9. The molecule has 1 aliphatic heterocycles. The molecule has 3 atom stereocenters. The number of rotatable bonds is 4. The molecule has 116 valence electrons. The Morgan fingerprint density at radius 1 is 1.43 bits per heavy atom. The van der Waals surface area contributed by atoms with Gasteiger partial charge in [-0.05, 0) is 18.1 Å². The second-order valence-electron chi connectivity index (χ2n) is 5.65. The number of hydrogen-bond acceptors (Lipinski definition) is 5. The molecule has 21 heavy (non-hydrogen) atoms. The second-order valence-corrected chi connectivity index (χ2v) is 5.65. The summed E-state index contributed by atoms with van der Waals surface area (Å²) in [5.74, 6) is 0.407. The summed E-state index contributed by atoms with van der Waals surface area (Å²) in [4.78, 5) is 27.7. The van der Waals surface area contributed by atoms with Crippen LogP contribution in [0.25, 0.3) is 0 Å². The number of carbonyl (C=O) groups excluding carboxylic acids is 2. The maximum absolute atomic E-state index is 12.7. The standard InChI is InChI=1S/C13H22N6O2/c1-5-8(2)12-13(21)19(9(3)6-11(20)14-12)7-10-15-17-18(4)16-10/h8-9,12H,5-7H2,1-4H3,(H,14,20). The van der Waals surface area contributed by atoms with Crippen LogP contribution >= 0.6 is 0 Å². The highest BCUT2D eigenvalue weighted by molar-refractivity contribution is 5.90. The van der Waals surface area contributed by atoms with Crippen LogP contribution in [0.5, 0.6) is 0 Å². The van der Waals surface area contributed by atoms with Gasteiger partial charge < -0.3 is 10.2 Å². The average molecular weight is 294 g/mol. The summed E-state index contributed by atoms with van der Waals surface area (Å²) >= 11 is 0. The van der Waals surface area contributed by atoms with Crippen LogP contribution in [0, 0.1) is 5.92 Å². The first kappa shape index (κ1) is 15.4. The predicted octanol–water partition coefficient (Wildman–Crippen LogP) is -0.138. The van der Waals surface area contributed by atoms with Gasteiger partial charge in [0, 0.05) is 12.5 Å². The van der Waals surface area contributed by atoms with Crippen LogP contribution in [0.3, 0.4) is 0 Å². The van der Waals surface area contributed by atoms with E-state index in [9.17, 15) is 9.59 Å². The second kappa shape index (κ2) is 6.19. The van der Waals surface area contributed by atoms with E-state index < -0.39 is 6.04 Å². The van der Waals surface area contributed by atoms with E-state index in [1.165, 1.54) is 4.80 Å². The number of amides is 2. The van der Waals surface area contributed by atoms with Gasteiger partial charge >= 0.3 is 0 Å². The van der Waals surface area contributed by atoms with Gasteiger partial charge in [-0.2, -0.15) is 4.80 Å². The number of hydrogen-bond donors (Lipinski definition) is 1. The van der Waals surface area contributed by atoms with Crippen molar-refractivity contribution in [1.82, 2.24) is 30.4 Å². The van der Waals surface area contributed by atoms with Crippen LogP contribution in [0.4, 0.5) is 0 Å². The number of nitrogens with zero attached hydrogens (tertiary/aromatic N) is 5. The molecule has 2 heterocycles. The Morgan fingerprint density at radius 3 is 2.71 bits per heavy atom. The lowest BCUT2D eigenvalue weighted by atomic mass is 9.98.